The summed E-state index contributed by atoms with van der Waals surface area (Å²) in [4.78, 5) is 24.8. The van der Waals surface area contributed by atoms with Crippen molar-refractivity contribution in [2.45, 2.75) is 31.3 Å². The van der Waals surface area contributed by atoms with E-state index in [1.54, 1.807) is 29.9 Å². The van der Waals surface area contributed by atoms with E-state index in [1.807, 2.05) is 37.6 Å². The minimum atomic E-state index is -0.916. The van der Waals surface area contributed by atoms with Crippen molar-refractivity contribution in [2.24, 2.45) is 7.05 Å². The van der Waals surface area contributed by atoms with Crippen LogP contribution >= 0.6 is 0 Å². The van der Waals surface area contributed by atoms with Gasteiger partial charge in [-0.3, -0.25) is 14.8 Å². The van der Waals surface area contributed by atoms with Crippen LogP contribution in [0.1, 0.15) is 42.0 Å². The molecule has 4 heterocycles. The fraction of sp³-hybridized carbons (Fsp3) is 0.250. The lowest BCUT2D eigenvalue weighted by molar-refractivity contribution is -0.144. The molecular formula is C28H27FN6O2. The number of aryl methyl sites for hydroxylation is 1. The number of imidazole rings is 1. The number of rotatable bonds is 6. The molecule has 1 aliphatic heterocycles. The summed E-state index contributed by atoms with van der Waals surface area (Å²) in [7, 11) is 1.86. The molecule has 1 unspecified atom stereocenters. The zero-order chi connectivity index (χ0) is 25.6. The molecule has 188 valence electrons. The summed E-state index contributed by atoms with van der Waals surface area (Å²) >= 11 is 0. The molecule has 8 nitrogen and oxygen atoms in total. The Kier molecular flexibility index (Phi) is 5.64. The van der Waals surface area contributed by atoms with E-state index in [2.05, 4.69) is 26.4 Å². The van der Waals surface area contributed by atoms with Crippen molar-refractivity contribution >= 4 is 16.9 Å². The predicted molar refractivity (Wildman–Crippen MR) is 137 cm³/mol. The van der Waals surface area contributed by atoms with Gasteiger partial charge in [0.25, 0.3) is 0 Å². The van der Waals surface area contributed by atoms with Gasteiger partial charge in [0.1, 0.15) is 11.6 Å². The van der Waals surface area contributed by atoms with Crippen LogP contribution in [-0.4, -0.2) is 37.3 Å². The number of hydrogen-bond acceptors (Lipinski definition) is 5. The van der Waals surface area contributed by atoms with Crippen LogP contribution in [-0.2, 0) is 28.5 Å². The summed E-state index contributed by atoms with van der Waals surface area (Å²) in [5, 5.41) is 9.28. The van der Waals surface area contributed by atoms with Crippen molar-refractivity contribution in [1.29, 1.82) is 0 Å². The fourth-order valence-electron chi connectivity index (χ4n) is 5.39. The molecule has 9 heteroatoms. The van der Waals surface area contributed by atoms with Gasteiger partial charge in [0.05, 0.1) is 36.5 Å². The van der Waals surface area contributed by atoms with E-state index in [0.717, 1.165) is 44.8 Å². The van der Waals surface area contributed by atoms with E-state index in [4.69, 9.17) is 9.72 Å². The first-order valence-electron chi connectivity index (χ1n) is 12.3. The highest BCUT2D eigenvalue weighted by atomic mass is 19.1. The van der Waals surface area contributed by atoms with E-state index < -0.39 is 5.54 Å². The van der Waals surface area contributed by atoms with Gasteiger partial charge in [-0.1, -0.05) is 18.2 Å². The molecule has 5 aromatic rings. The molecule has 2 aromatic carbocycles. The molecule has 0 fully saturated rings. The summed E-state index contributed by atoms with van der Waals surface area (Å²) < 4.78 is 20.6. The van der Waals surface area contributed by atoms with Gasteiger partial charge < -0.3 is 14.7 Å². The maximum Gasteiger partial charge on any atom is 0.308 e. The van der Waals surface area contributed by atoms with Gasteiger partial charge in [0.15, 0.2) is 0 Å². The molecule has 1 aliphatic rings. The molecule has 0 aliphatic carbocycles. The lowest BCUT2D eigenvalue weighted by Gasteiger charge is -2.41. The number of nitrogens with one attached hydrogen (secondary N) is 3. The lowest BCUT2D eigenvalue weighted by Crippen LogP contribution is -2.51. The molecule has 37 heavy (non-hydrogen) atoms. The number of hydrogen-bond donors (Lipinski definition) is 3. The molecule has 2 atom stereocenters. The SMILES string of the molecule is CCOC(=O)CC1(c2cnn(C)c2)N[C@@H](c2nc(-c3ccc(F)cc3)c[nH]2)Cc2c1[nH]c1ccccc21. The van der Waals surface area contributed by atoms with E-state index in [9.17, 15) is 9.18 Å². The number of benzene rings is 2. The maximum absolute atomic E-state index is 13.5. The van der Waals surface area contributed by atoms with Crippen molar-refractivity contribution in [1.82, 2.24) is 30.0 Å². The van der Waals surface area contributed by atoms with Crippen LogP contribution in [0.4, 0.5) is 4.39 Å². The quantitative estimate of drug-likeness (QED) is 0.299. The average Bonchev–Trinajstić information content (AvgIpc) is 3.63. The summed E-state index contributed by atoms with van der Waals surface area (Å²) in [5.41, 5.74) is 4.52. The van der Waals surface area contributed by atoms with Gasteiger partial charge >= 0.3 is 5.97 Å². The van der Waals surface area contributed by atoms with Crippen LogP contribution in [0.5, 0.6) is 0 Å². The molecule has 6 rings (SSSR count). The molecule has 0 saturated heterocycles. The van der Waals surface area contributed by atoms with Crippen molar-refractivity contribution < 1.29 is 13.9 Å². The third-order valence-electron chi connectivity index (χ3n) is 7.05. The van der Waals surface area contributed by atoms with Gasteiger partial charge in [0, 0.05) is 47.2 Å². The van der Waals surface area contributed by atoms with Crippen molar-refractivity contribution in [3.8, 4) is 11.3 Å². The molecule has 0 amide bonds. The second-order valence-electron chi connectivity index (χ2n) is 9.39. The van der Waals surface area contributed by atoms with E-state index in [-0.39, 0.29) is 24.2 Å². The minimum Gasteiger partial charge on any atom is -0.466 e. The zero-order valence-corrected chi connectivity index (χ0v) is 20.6. The largest absolute Gasteiger partial charge is 0.466 e. The molecule has 3 aromatic heterocycles. The standard InChI is InChI=1S/C28H27FN6O2/c1-3-37-25(36)13-28(18-14-31-35(2)16-18)26-21(20-6-4-5-7-22(20)32-26)12-23(34-28)27-30-15-24(33-27)17-8-10-19(29)11-9-17/h4-11,14-16,23,32,34H,3,12-13H2,1-2H3,(H,30,33)/t23-,28?/m1/s1. The number of ether oxygens (including phenoxy) is 1. The number of fused-ring (bicyclic) bond motifs is 3. The fourth-order valence-corrected chi connectivity index (χ4v) is 5.39. The molecule has 0 radical (unpaired) electrons. The predicted octanol–water partition coefficient (Wildman–Crippen LogP) is 4.51. The highest BCUT2D eigenvalue weighted by Crippen LogP contribution is 2.44. The lowest BCUT2D eigenvalue weighted by atomic mass is 9.77. The van der Waals surface area contributed by atoms with E-state index in [1.165, 1.54) is 12.1 Å². The Hall–Kier alpha value is -4.24. The molecule has 0 spiro atoms. The van der Waals surface area contributed by atoms with Crippen LogP contribution in [0.25, 0.3) is 22.2 Å². The number of halogens is 1. The molecule has 0 bridgehead atoms. The minimum absolute atomic E-state index is 0.0778. The number of aromatic nitrogens is 5. The summed E-state index contributed by atoms with van der Waals surface area (Å²) in [6, 6.07) is 14.2. The average molecular weight is 499 g/mol. The van der Waals surface area contributed by atoms with Crippen LogP contribution in [0, 0.1) is 5.82 Å². The number of H-pyrrole nitrogens is 2. The number of para-hydroxylation sites is 1. The highest BCUT2D eigenvalue weighted by molar-refractivity contribution is 5.86. The van der Waals surface area contributed by atoms with Gasteiger partial charge in [-0.25, -0.2) is 9.37 Å². The molecular weight excluding hydrogens is 471 g/mol. The first-order valence-corrected chi connectivity index (χ1v) is 12.3. The van der Waals surface area contributed by atoms with Gasteiger partial charge in [0.2, 0.25) is 0 Å². The Labute approximate surface area is 212 Å². The molecule has 0 saturated carbocycles. The second-order valence-corrected chi connectivity index (χ2v) is 9.39. The Morgan fingerprint density at radius 1 is 1.22 bits per heavy atom. The van der Waals surface area contributed by atoms with Crippen molar-refractivity contribution in [3.63, 3.8) is 0 Å². The van der Waals surface area contributed by atoms with Crippen molar-refractivity contribution in [3.05, 3.63) is 95.6 Å². The number of carbonyl (C=O) groups excluding carboxylic acids is 1. The zero-order valence-electron chi connectivity index (χ0n) is 20.6. The Morgan fingerprint density at radius 3 is 2.78 bits per heavy atom. The first-order chi connectivity index (χ1) is 18.0. The van der Waals surface area contributed by atoms with E-state index in [0.29, 0.717) is 13.0 Å². The first kappa shape index (κ1) is 23.2. The molecule has 3 N–H and O–H groups in total. The smallest absolute Gasteiger partial charge is 0.308 e. The summed E-state index contributed by atoms with van der Waals surface area (Å²) in [6.45, 7) is 2.10. The number of nitrogens with zero attached hydrogens (tertiary/aromatic N) is 3. The summed E-state index contributed by atoms with van der Waals surface area (Å²) in [6.07, 6.45) is 6.27. The number of esters is 1. The third kappa shape index (κ3) is 4.01. The van der Waals surface area contributed by atoms with Crippen molar-refractivity contribution in [2.75, 3.05) is 6.61 Å². The highest BCUT2D eigenvalue weighted by Gasteiger charge is 2.47. The van der Waals surface area contributed by atoms with Crippen LogP contribution < -0.4 is 5.32 Å². The Bertz CT molecular complexity index is 1580. The monoisotopic (exact) mass is 498 g/mol. The normalized spacial score (nSPS) is 19.2. The van der Waals surface area contributed by atoms with Crippen LogP contribution in [0.2, 0.25) is 0 Å². The third-order valence-corrected chi connectivity index (χ3v) is 7.05. The second kappa shape index (κ2) is 9.01. The van der Waals surface area contributed by atoms with Gasteiger partial charge in [-0.05, 0) is 49.2 Å². The topological polar surface area (TPSA) is 101 Å². The number of aromatic amines is 2. The van der Waals surface area contributed by atoms with E-state index >= 15 is 0 Å². The van der Waals surface area contributed by atoms with Crippen LogP contribution in [0.15, 0.2) is 67.1 Å². The van der Waals surface area contributed by atoms with Gasteiger partial charge in [-0.15, -0.1) is 0 Å². The Morgan fingerprint density at radius 2 is 2.03 bits per heavy atom. The van der Waals surface area contributed by atoms with Crippen LogP contribution in [0.3, 0.4) is 0 Å². The Balaban J connectivity index is 1.50. The maximum atomic E-state index is 13.5. The van der Waals surface area contributed by atoms with Gasteiger partial charge in [-0.2, -0.15) is 5.10 Å². The number of carbonyl (C=O) groups is 1. The summed E-state index contributed by atoms with van der Waals surface area (Å²) in [5.74, 6) is 0.128.